The van der Waals surface area contributed by atoms with E-state index in [0.29, 0.717) is 30.4 Å². The third kappa shape index (κ3) is 15.8. The third-order valence-corrected chi connectivity index (χ3v) is 3.74. The summed E-state index contributed by atoms with van der Waals surface area (Å²) in [5.41, 5.74) is 2.07. The molecule has 0 unspecified atom stereocenters. The van der Waals surface area contributed by atoms with E-state index in [1.165, 1.54) is 21.3 Å². The number of phenolic OH excluding ortho intramolecular Hbond substituents is 2. The van der Waals surface area contributed by atoms with E-state index >= 15 is 0 Å². The lowest BCUT2D eigenvalue weighted by atomic mass is 9.99. The number of hydrogen-bond acceptors (Lipinski definition) is 10. The van der Waals surface area contributed by atoms with Crippen molar-refractivity contribution in [3.63, 3.8) is 0 Å². The predicted octanol–water partition coefficient (Wildman–Crippen LogP) is 1.56. The van der Waals surface area contributed by atoms with Crippen molar-refractivity contribution in [2.45, 2.75) is 33.1 Å². The molecule has 0 heterocycles. The molecule has 0 bridgehead atoms. The van der Waals surface area contributed by atoms with Gasteiger partial charge < -0.3 is 24.4 Å². The molecule has 0 saturated heterocycles. The van der Waals surface area contributed by atoms with Gasteiger partial charge in [-0.05, 0) is 26.7 Å². The van der Waals surface area contributed by atoms with Gasteiger partial charge in [0.15, 0.2) is 11.5 Å². The standard InChI is InChI=1S/C17H24O6.2H2O4S/c1-10(7-9-13(18)21-3)6-8-12-11(2)14(19)16(22-4)17(23-5)15(12)20;2*1-5(2,3)4/h6,19-20H,7-9H2,1-5H3;2*(H2,1,2,3,4). The van der Waals surface area contributed by atoms with Gasteiger partial charge in [-0.25, -0.2) is 0 Å². The Balaban J connectivity index is 0. The first-order chi connectivity index (χ1) is 14.9. The van der Waals surface area contributed by atoms with E-state index in [0.717, 1.165) is 5.57 Å². The molecule has 6 N–H and O–H groups in total. The molecular weight excluding hydrogens is 492 g/mol. The molecule has 33 heavy (non-hydrogen) atoms. The number of carbonyl (C=O) groups is 1. The number of ether oxygens (including phenoxy) is 3. The van der Waals surface area contributed by atoms with Crippen LogP contribution in [-0.2, 0) is 36.8 Å². The first kappa shape index (κ1) is 32.5. The number of carbonyl (C=O) groups excluding carboxylic acids is 1. The lowest BCUT2D eigenvalue weighted by Crippen LogP contribution is -2.00. The largest absolute Gasteiger partial charge is 0.504 e. The molecule has 192 valence electrons. The fourth-order valence-electron chi connectivity index (χ4n) is 2.25. The number of methoxy groups -OCH3 is 3. The number of hydrogen-bond donors (Lipinski definition) is 6. The molecule has 0 aliphatic carbocycles. The van der Waals surface area contributed by atoms with Crippen molar-refractivity contribution in [1.82, 2.24) is 0 Å². The number of benzene rings is 1. The molecule has 14 nitrogen and oxygen atoms in total. The number of aromatic hydroxyl groups is 2. The monoisotopic (exact) mass is 520 g/mol. The number of esters is 1. The zero-order valence-electron chi connectivity index (χ0n) is 18.5. The molecule has 1 rings (SSSR count). The molecule has 0 aliphatic rings. The van der Waals surface area contributed by atoms with Crippen molar-refractivity contribution >= 4 is 26.8 Å². The van der Waals surface area contributed by atoms with Gasteiger partial charge in [-0.2, -0.15) is 16.8 Å². The van der Waals surface area contributed by atoms with Crippen LogP contribution in [0.5, 0.6) is 23.0 Å². The third-order valence-electron chi connectivity index (χ3n) is 3.74. The minimum absolute atomic E-state index is 0.0576. The van der Waals surface area contributed by atoms with Gasteiger partial charge in [-0.15, -0.1) is 0 Å². The van der Waals surface area contributed by atoms with Crippen molar-refractivity contribution in [2.75, 3.05) is 21.3 Å². The summed E-state index contributed by atoms with van der Waals surface area (Å²) in [5.74, 6) is -0.168. The van der Waals surface area contributed by atoms with Crippen molar-refractivity contribution in [2.24, 2.45) is 0 Å². The molecule has 0 aliphatic heterocycles. The van der Waals surface area contributed by atoms with Crippen LogP contribution in [0.1, 0.15) is 30.9 Å². The Bertz CT molecular complexity index is 981. The molecule has 0 fully saturated rings. The zero-order valence-corrected chi connectivity index (χ0v) is 20.1. The van der Waals surface area contributed by atoms with Crippen molar-refractivity contribution in [3.8, 4) is 23.0 Å². The van der Waals surface area contributed by atoms with E-state index in [1.807, 2.05) is 13.0 Å². The fourth-order valence-corrected chi connectivity index (χ4v) is 2.25. The normalized spacial score (nSPS) is 11.4. The van der Waals surface area contributed by atoms with E-state index in [1.54, 1.807) is 6.92 Å². The maximum Gasteiger partial charge on any atom is 0.394 e. The van der Waals surface area contributed by atoms with Gasteiger partial charge in [0.25, 0.3) is 0 Å². The second kappa shape index (κ2) is 14.5. The molecule has 0 aromatic heterocycles. The summed E-state index contributed by atoms with van der Waals surface area (Å²) in [5, 5.41) is 20.5. The highest BCUT2D eigenvalue weighted by Crippen LogP contribution is 2.48. The summed E-state index contributed by atoms with van der Waals surface area (Å²) in [7, 11) is -5.18. The smallest absolute Gasteiger partial charge is 0.394 e. The van der Waals surface area contributed by atoms with Crippen LogP contribution < -0.4 is 9.47 Å². The maximum absolute atomic E-state index is 11.1. The minimum Gasteiger partial charge on any atom is -0.504 e. The quantitative estimate of drug-likeness (QED) is 0.130. The molecule has 0 spiro atoms. The summed E-state index contributed by atoms with van der Waals surface area (Å²) in [6.45, 7) is 3.60. The number of rotatable bonds is 7. The van der Waals surface area contributed by atoms with Gasteiger partial charge >= 0.3 is 26.8 Å². The molecule has 1 aromatic rings. The van der Waals surface area contributed by atoms with Gasteiger partial charge in [0.05, 0.1) is 21.3 Å². The van der Waals surface area contributed by atoms with Crippen LogP contribution in [0.2, 0.25) is 0 Å². The Morgan fingerprint density at radius 1 is 0.848 bits per heavy atom. The fraction of sp³-hybridized carbons (Fsp3) is 0.471. The van der Waals surface area contributed by atoms with E-state index in [-0.39, 0.29) is 29.0 Å². The first-order valence-electron chi connectivity index (χ1n) is 8.64. The average molecular weight is 521 g/mol. The van der Waals surface area contributed by atoms with Crippen molar-refractivity contribution in [1.29, 1.82) is 0 Å². The van der Waals surface area contributed by atoms with E-state index in [4.69, 9.17) is 44.5 Å². The van der Waals surface area contributed by atoms with Crippen LogP contribution in [0, 0.1) is 6.92 Å². The lowest BCUT2D eigenvalue weighted by molar-refractivity contribution is -0.140. The Morgan fingerprint density at radius 3 is 1.61 bits per heavy atom. The topological polar surface area (TPSA) is 234 Å². The van der Waals surface area contributed by atoms with Gasteiger partial charge in [0.1, 0.15) is 0 Å². The highest BCUT2D eigenvalue weighted by molar-refractivity contribution is 7.80. The number of allylic oxidation sites excluding steroid dienone is 2. The zero-order chi connectivity index (χ0) is 26.6. The van der Waals surface area contributed by atoms with Crippen LogP contribution in [0.3, 0.4) is 0 Å². The van der Waals surface area contributed by atoms with Crippen LogP contribution in [0.15, 0.2) is 11.6 Å². The molecule has 1 aromatic carbocycles. The summed E-state index contributed by atoms with van der Waals surface area (Å²) < 4.78 is 78.0. The Morgan fingerprint density at radius 2 is 1.24 bits per heavy atom. The van der Waals surface area contributed by atoms with Crippen LogP contribution in [0.4, 0.5) is 0 Å². The van der Waals surface area contributed by atoms with Crippen LogP contribution in [0.25, 0.3) is 0 Å². The molecule has 0 amide bonds. The average Bonchev–Trinajstić information content (AvgIpc) is 2.65. The van der Waals surface area contributed by atoms with Crippen LogP contribution in [-0.4, -0.2) is 72.6 Å². The highest BCUT2D eigenvalue weighted by atomic mass is 32.3. The van der Waals surface area contributed by atoms with Crippen LogP contribution >= 0.6 is 0 Å². The number of phenols is 2. The first-order valence-corrected chi connectivity index (χ1v) is 11.4. The Hall–Kier alpha value is -2.63. The molecule has 0 atom stereocenters. The Kier molecular flexibility index (Phi) is 14.3. The summed E-state index contributed by atoms with van der Waals surface area (Å²) in [6.07, 6.45) is 3.18. The maximum atomic E-state index is 11.1. The van der Waals surface area contributed by atoms with Gasteiger partial charge in [-0.3, -0.25) is 23.0 Å². The van der Waals surface area contributed by atoms with Gasteiger partial charge in [-0.1, -0.05) is 11.6 Å². The molecule has 0 radical (unpaired) electrons. The Labute approximate surface area is 191 Å². The van der Waals surface area contributed by atoms with Gasteiger partial charge in [0, 0.05) is 17.5 Å². The molecule has 16 heteroatoms. The van der Waals surface area contributed by atoms with Crippen molar-refractivity contribution in [3.05, 3.63) is 22.8 Å². The second-order valence-corrected chi connectivity index (χ2v) is 7.88. The lowest BCUT2D eigenvalue weighted by Gasteiger charge is -2.17. The highest BCUT2D eigenvalue weighted by Gasteiger charge is 2.22. The summed E-state index contributed by atoms with van der Waals surface area (Å²) >= 11 is 0. The molecular formula is C17H28O14S2. The van der Waals surface area contributed by atoms with E-state index in [2.05, 4.69) is 4.74 Å². The van der Waals surface area contributed by atoms with E-state index in [9.17, 15) is 15.0 Å². The van der Waals surface area contributed by atoms with Gasteiger partial charge in [0.2, 0.25) is 11.5 Å². The summed E-state index contributed by atoms with van der Waals surface area (Å²) in [6, 6.07) is 0. The SMILES string of the molecule is COC(=O)CCC(C)=CCc1c(C)c(O)c(OC)c(OC)c1O.O=S(=O)(O)O.O=S(=O)(O)O. The van der Waals surface area contributed by atoms with E-state index < -0.39 is 20.8 Å². The predicted molar refractivity (Wildman–Crippen MR) is 115 cm³/mol. The van der Waals surface area contributed by atoms with Crippen molar-refractivity contribution < 1.29 is 64.3 Å². The minimum atomic E-state index is -4.67. The second-order valence-electron chi connectivity index (χ2n) is 6.09. The molecule has 0 saturated carbocycles. The summed E-state index contributed by atoms with van der Waals surface area (Å²) in [4.78, 5) is 11.1.